The Morgan fingerprint density at radius 3 is 1.41 bits per heavy atom. The summed E-state index contributed by atoms with van der Waals surface area (Å²) in [6.07, 6.45) is 7.75. The Labute approximate surface area is 233 Å². The summed E-state index contributed by atoms with van der Waals surface area (Å²) in [6.45, 7) is 8.60. The average molecular weight is 564 g/mol. The van der Waals surface area contributed by atoms with Gasteiger partial charge in [-0.15, -0.1) is 0 Å². The molecule has 1 aliphatic carbocycles. The minimum Gasteiger partial charge on any atom is -0.530 e. The van der Waals surface area contributed by atoms with Gasteiger partial charge in [0.15, 0.2) is 0 Å². The van der Waals surface area contributed by atoms with Crippen LogP contribution in [0.3, 0.4) is 0 Å². The van der Waals surface area contributed by atoms with Gasteiger partial charge < -0.3 is 58.4 Å². The molecule has 1 unspecified atom stereocenters. The Morgan fingerprint density at radius 1 is 0.615 bits per heavy atom. The molecule has 12 nitrogen and oxygen atoms in total. The molecular weight excluding hydrogens is 512 g/mol. The van der Waals surface area contributed by atoms with E-state index in [-0.39, 0.29) is 6.04 Å². The Hall–Kier alpha value is -1.35. The number of ether oxygens (including phenoxy) is 8. The van der Waals surface area contributed by atoms with Crippen molar-refractivity contribution in [3.05, 3.63) is 12.2 Å². The van der Waals surface area contributed by atoms with Crippen LogP contribution in [-0.4, -0.2) is 136 Å². The van der Waals surface area contributed by atoms with Gasteiger partial charge in [-0.05, 0) is 32.1 Å². The van der Waals surface area contributed by atoms with Crippen molar-refractivity contribution in [3.63, 3.8) is 0 Å². The minimum absolute atomic E-state index is 0.00239. The van der Waals surface area contributed by atoms with E-state index in [0.29, 0.717) is 119 Å². The van der Waals surface area contributed by atoms with Gasteiger partial charge in [0.2, 0.25) is 0 Å². The molecule has 0 saturated heterocycles. The molecule has 0 radical (unpaired) electrons. The number of carbonyl (C=O) groups excluding carboxylic acids is 1. The van der Waals surface area contributed by atoms with Gasteiger partial charge in [-0.2, -0.15) is 0 Å². The van der Waals surface area contributed by atoms with Crippen molar-refractivity contribution in [1.29, 1.82) is 0 Å². The van der Waals surface area contributed by atoms with E-state index in [2.05, 4.69) is 12.2 Å². The lowest BCUT2D eigenvalue weighted by atomic mass is 10.00. The molecule has 0 heterocycles. The topological polar surface area (TPSA) is 143 Å². The van der Waals surface area contributed by atoms with Gasteiger partial charge in [0.1, 0.15) is 6.09 Å². The van der Waals surface area contributed by atoms with Crippen LogP contribution in [0.4, 0.5) is 4.79 Å². The number of carbonyl (C=O) groups is 1. The molecule has 1 aliphatic rings. The molecule has 0 aromatic rings. The Bertz CT molecular complexity index is 571. The van der Waals surface area contributed by atoms with E-state index in [4.69, 9.17) is 43.6 Å². The maximum absolute atomic E-state index is 11.5. The molecule has 1 amide bonds. The van der Waals surface area contributed by atoms with E-state index < -0.39 is 6.09 Å². The first-order chi connectivity index (χ1) is 19.3. The van der Waals surface area contributed by atoms with Crippen molar-refractivity contribution < 1.29 is 47.8 Å². The highest BCUT2D eigenvalue weighted by Gasteiger charge is 2.18. The fourth-order valence-corrected chi connectivity index (χ4v) is 3.76. The van der Waals surface area contributed by atoms with Crippen LogP contribution >= 0.6 is 0 Å². The zero-order valence-corrected chi connectivity index (χ0v) is 23.6. The molecule has 0 spiro atoms. The van der Waals surface area contributed by atoms with Crippen LogP contribution < -0.4 is 10.8 Å². The lowest BCUT2D eigenvalue weighted by Crippen LogP contribution is -2.49. The van der Waals surface area contributed by atoms with Crippen molar-refractivity contribution >= 4 is 6.09 Å². The fraction of sp³-hybridized carbons (Fsp3) is 0.889. The van der Waals surface area contributed by atoms with E-state index in [1.807, 2.05) is 0 Å². The zero-order chi connectivity index (χ0) is 28.1. The van der Waals surface area contributed by atoms with E-state index in [1.165, 1.54) is 4.90 Å². The van der Waals surface area contributed by atoms with Gasteiger partial charge in [-0.1, -0.05) is 12.2 Å². The number of nitrogens with zero attached hydrogens (tertiary/aromatic N) is 1. The van der Waals surface area contributed by atoms with E-state index in [1.54, 1.807) is 0 Å². The summed E-state index contributed by atoms with van der Waals surface area (Å²) in [5, 5.41) is 11.5. The fourth-order valence-electron chi connectivity index (χ4n) is 3.76. The van der Waals surface area contributed by atoms with Crippen molar-refractivity contribution in [3.8, 4) is 0 Å². The first-order valence-electron chi connectivity index (χ1n) is 14.2. The number of allylic oxidation sites excluding steroid dienone is 2. The van der Waals surface area contributed by atoms with E-state index in [9.17, 15) is 9.90 Å². The Morgan fingerprint density at radius 2 is 1.00 bits per heavy atom. The Kier molecular flexibility index (Phi) is 25.8. The summed E-state index contributed by atoms with van der Waals surface area (Å²) < 4.78 is 43.3. The van der Waals surface area contributed by atoms with Crippen LogP contribution in [0.25, 0.3) is 0 Å². The van der Waals surface area contributed by atoms with Crippen LogP contribution in [0, 0.1) is 0 Å². The van der Waals surface area contributed by atoms with Crippen molar-refractivity contribution in [2.24, 2.45) is 5.73 Å². The molecule has 12 heteroatoms. The van der Waals surface area contributed by atoms with Gasteiger partial charge in [0.25, 0.3) is 0 Å². The second-order valence-electron chi connectivity index (χ2n) is 8.78. The maximum Gasteiger partial charge on any atom is 0.137 e. The summed E-state index contributed by atoms with van der Waals surface area (Å²) in [6, 6.07) is 0.00239. The summed E-state index contributed by atoms with van der Waals surface area (Å²) in [5.41, 5.74) is 5.32. The lowest BCUT2D eigenvalue weighted by Gasteiger charge is -2.34. The molecular formula is C27H51N2O10-. The number of nitrogens with two attached hydrogens (primary N) is 1. The molecule has 0 bridgehead atoms. The lowest BCUT2D eigenvalue weighted by molar-refractivity contribution is -0.268. The maximum atomic E-state index is 11.5. The standard InChI is InChI=1S/C27H52N2O10/c28-8-10-32-12-14-34-16-18-36-20-22-38-24-25-39-23-21-37-19-17-35-15-13-33-11-9-29(27(30)31)26-6-4-2-1-3-5-7-26/h1-2,26H,3-25,28H2,(H,30,31)/p-1/b2-1+. The highest BCUT2D eigenvalue weighted by Crippen LogP contribution is 2.17. The summed E-state index contributed by atoms with van der Waals surface area (Å²) >= 11 is 0. The van der Waals surface area contributed by atoms with Gasteiger partial charge in [-0.3, -0.25) is 0 Å². The van der Waals surface area contributed by atoms with E-state index >= 15 is 0 Å². The predicted molar refractivity (Wildman–Crippen MR) is 144 cm³/mol. The number of rotatable bonds is 27. The van der Waals surface area contributed by atoms with Crippen molar-refractivity contribution in [1.82, 2.24) is 4.90 Å². The monoisotopic (exact) mass is 563 g/mol. The molecule has 0 saturated carbocycles. The van der Waals surface area contributed by atoms with Crippen molar-refractivity contribution in [2.75, 3.05) is 119 Å². The highest BCUT2D eigenvalue weighted by atomic mass is 16.6. The quantitative estimate of drug-likeness (QED) is 0.111. The van der Waals surface area contributed by atoms with E-state index in [0.717, 1.165) is 32.1 Å². The average Bonchev–Trinajstić information content (AvgIpc) is 2.91. The second-order valence-corrected chi connectivity index (χ2v) is 8.78. The molecule has 2 N–H and O–H groups in total. The summed E-state index contributed by atoms with van der Waals surface area (Å²) in [7, 11) is 0. The number of amides is 1. The Balaban J connectivity index is 1.77. The first kappa shape index (κ1) is 35.7. The third-order valence-electron chi connectivity index (χ3n) is 5.76. The molecule has 0 aromatic carbocycles. The molecule has 1 atom stereocenters. The third kappa shape index (κ3) is 23.1. The molecule has 0 aliphatic heterocycles. The third-order valence-corrected chi connectivity index (χ3v) is 5.76. The number of hydrogen-bond acceptors (Lipinski definition) is 11. The van der Waals surface area contributed by atoms with Gasteiger partial charge >= 0.3 is 0 Å². The normalized spacial score (nSPS) is 16.6. The molecule has 0 aromatic heterocycles. The predicted octanol–water partition coefficient (Wildman–Crippen LogP) is 0.612. The van der Waals surface area contributed by atoms with Crippen LogP contribution in [0.1, 0.15) is 32.1 Å². The second kappa shape index (κ2) is 28.2. The zero-order valence-electron chi connectivity index (χ0n) is 23.6. The van der Waals surface area contributed by atoms with Crippen molar-refractivity contribution in [2.45, 2.75) is 38.1 Å². The molecule has 1 rings (SSSR count). The highest BCUT2D eigenvalue weighted by molar-refractivity contribution is 5.62. The van der Waals surface area contributed by atoms with Gasteiger partial charge in [-0.25, -0.2) is 0 Å². The van der Waals surface area contributed by atoms with Gasteiger partial charge in [0.05, 0.1) is 106 Å². The summed E-state index contributed by atoms with van der Waals surface area (Å²) in [5.74, 6) is 0. The molecule has 230 valence electrons. The SMILES string of the molecule is NCCOCCOCCOCCOCCOCCOCCOCCOCCN(C(=O)[O-])C1CC/C=C/CCC1. The summed E-state index contributed by atoms with van der Waals surface area (Å²) in [4.78, 5) is 13.0. The smallest absolute Gasteiger partial charge is 0.137 e. The number of carboxylic acid groups (broad SMARTS) is 1. The molecule has 0 fully saturated rings. The van der Waals surface area contributed by atoms with Crippen LogP contribution in [0.5, 0.6) is 0 Å². The minimum atomic E-state index is -1.12. The van der Waals surface area contributed by atoms with Crippen LogP contribution in [-0.2, 0) is 37.9 Å². The van der Waals surface area contributed by atoms with Crippen LogP contribution in [0.15, 0.2) is 12.2 Å². The largest absolute Gasteiger partial charge is 0.530 e. The van der Waals surface area contributed by atoms with Crippen LogP contribution in [0.2, 0.25) is 0 Å². The number of hydrogen-bond donors (Lipinski definition) is 1. The van der Waals surface area contributed by atoms with Gasteiger partial charge in [0, 0.05) is 19.1 Å². The molecule has 39 heavy (non-hydrogen) atoms. The first-order valence-corrected chi connectivity index (χ1v) is 14.2.